The Balaban J connectivity index is 3.30. The molecule has 0 amide bonds. The minimum atomic E-state index is -1.25. The molecule has 0 bridgehead atoms. The number of carboxylic acids is 1. The third-order valence-electron chi connectivity index (χ3n) is 1.91. The van der Waals surface area contributed by atoms with Crippen molar-refractivity contribution >= 4 is 17.7 Å². The zero-order chi connectivity index (χ0) is 12.3. The van der Waals surface area contributed by atoms with Gasteiger partial charge in [0.1, 0.15) is 5.82 Å². The second-order valence-electron chi connectivity index (χ2n) is 3.09. The van der Waals surface area contributed by atoms with Crippen molar-refractivity contribution in [3.05, 3.63) is 45.3 Å². The van der Waals surface area contributed by atoms with Gasteiger partial charge in [-0.25, -0.2) is 9.18 Å². The Hall–Kier alpha value is -2.24. The number of carbonyl (C=O) groups is 1. The number of aryl methyl sites for hydroxylation is 1. The van der Waals surface area contributed by atoms with Gasteiger partial charge in [-0.3, -0.25) is 10.1 Å². The number of aliphatic carboxylic acids is 1. The highest BCUT2D eigenvalue weighted by Gasteiger charge is 2.14. The first kappa shape index (κ1) is 11.8. The standard InChI is InChI=1S/C10H8FNO4/c1-6-4-9(12(15)16)7(5-8(6)11)2-3-10(13)14/h2-5H,1H3,(H,13,14)/b3-2+. The summed E-state index contributed by atoms with van der Waals surface area (Å²) in [5.74, 6) is -1.87. The van der Waals surface area contributed by atoms with Gasteiger partial charge in [-0.15, -0.1) is 0 Å². The monoisotopic (exact) mass is 225 g/mol. The molecule has 1 aromatic rings. The van der Waals surface area contributed by atoms with E-state index in [0.29, 0.717) is 0 Å². The molecule has 0 aliphatic heterocycles. The van der Waals surface area contributed by atoms with Crippen LogP contribution in [0.4, 0.5) is 10.1 Å². The zero-order valence-corrected chi connectivity index (χ0v) is 8.31. The van der Waals surface area contributed by atoms with Crippen LogP contribution in [0.25, 0.3) is 6.08 Å². The van der Waals surface area contributed by atoms with Crippen LogP contribution in [0.1, 0.15) is 11.1 Å². The normalized spacial score (nSPS) is 10.6. The molecule has 0 aliphatic rings. The van der Waals surface area contributed by atoms with Crippen molar-refractivity contribution in [2.75, 3.05) is 0 Å². The molecule has 0 aromatic heterocycles. The summed E-state index contributed by atoms with van der Waals surface area (Å²) < 4.78 is 13.1. The van der Waals surface area contributed by atoms with Crippen LogP contribution in [0.5, 0.6) is 0 Å². The van der Waals surface area contributed by atoms with Crippen molar-refractivity contribution in [2.45, 2.75) is 6.92 Å². The summed E-state index contributed by atoms with van der Waals surface area (Å²) in [6.07, 6.45) is 1.71. The van der Waals surface area contributed by atoms with Gasteiger partial charge in [0.2, 0.25) is 0 Å². The molecule has 1 N–H and O–H groups in total. The van der Waals surface area contributed by atoms with Crippen LogP contribution in [0, 0.1) is 22.9 Å². The van der Waals surface area contributed by atoms with Gasteiger partial charge in [-0.1, -0.05) is 0 Å². The molecule has 0 spiro atoms. The second-order valence-corrected chi connectivity index (χ2v) is 3.09. The molecular weight excluding hydrogens is 217 g/mol. The van der Waals surface area contributed by atoms with Crippen molar-refractivity contribution < 1.29 is 19.2 Å². The fourth-order valence-electron chi connectivity index (χ4n) is 1.13. The summed E-state index contributed by atoms with van der Waals surface area (Å²) in [5.41, 5.74) is -0.258. The van der Waals surface area contributed by atoms with Crippen LogP contribution >= 0.6 is 0 Å². The molecule has 5 nitrogen and oxygen atoms in total. The molecule has 0 saturated carbocycles. The highest BCUT2D eigenvalue weighted by molar-refractivity contribution is 5.86. The van der Waals surface area contributed by atoms with E-state index in [4.69, 9.17) is 5.11 Å². The third-order valence-corrected chi connectivity index (χ3v) is 1.91. The molecule has 16 heavy (non-hydrogen) atoms. The number of hydrogen-bond acceptors (Lipinski definition) is 3. The minimum Gasteiger partial charge on any atom is -0.478 e. The third kappa shape index (κ3) is 2.63. The summed E-state index contributed by atoms with van der Waals surface area (Å²) >= 11 is 0. The van der Waals surface area contributed by atoms with Crippen molar-refractivity contribution in [3.8, 4) is 0 Å². The van der Waals surface area contributed by atoms with Gasteiger partial charge >= 0.3 is 5.97 Å². The lowest BCUT2D eigenvalue weighted by Crippen LogP contribution is -1.95. The number of nitro benzene ring substituents is 1. The maximum absolute atomic E-state index is 13.1. The first-order valence-electron chi connectivity index (χ1n) is 4.27. The van der Waals surface area contributed by atoms with Gasteiger partial charge < -0.3 is 5.11 Å². The van der Waals surface area contributed by atoms with Gasteiger partial charge in [-0.05, 0) is 24.6 Å². The molecule has 6 heteroatoms. The van der Waals surface area contributed by atoms with E-state index in [1.54, 1.807) is 0 Å². The number of benzene rings is 1. The Labute approximate surface area is 90.0 Å². The van der Waals surface area contributed by atoms with Crippen LogP contribution in [-0.2, 0) is 4.79 Å². The number of hydrogen-bond donors (Lipinski definition) is 1. The average Bonchev–Trinajstić information content (AvgIpc) is 2.18. The van der Waals surface area contributed by atoms with Crippen molar-refractivity contribution in [1.29, 1.82) is 0 Å². The van der Waals surface area contributed by atoms with Crippen LogP contribution < -0.4 is 0 Å². The average molecular weight is 225 g/mol. The Morgan fingerprint density at radius 3 is 2.69 bits per heavy atom. The van der Waals surface area contributed by atoms with E-state index in [9.17, 15) is 19.3 Å². The van der Waals surface area contributed by atoms with Crippen molar-refractivity contribution in [2.24, 2.45) is 0 Å². The Bertz CT molecular complexity index is 482. The lowest BCUT2D eigenvalue weighted by molar-refractivity contribution is -0.385. The smallest absolute Gasteiger partial charge is 0.328 e. The number of rotatable bonds is 3. The Morgan fingerprint density at radius 1 is 1.56 bits per heavy atom. The van der Waals surface area contributed by atoms with Gasteiger partial charge in [0.15, 0.2) is 0 Å². The molecule has 0 saturated heterocycles. The first-order valence-corrected chi connectivity index (χ1v) is 4.27. The summed E-state index contributed by atoms with van der Waals surface area (Å²) in [6, 6.07) is 2.00. The predicted molar refractivity (Wildman–Crippen MR) is 54.5 cm³/mol. The van der Waals surface area contributed by atoms with Crippen LogP contribution in [0.3, 0.4) is 0 Å². The molecule has 84 valence electrons. The number of nitrogens with zero attached hydrogens (tertiary/aromatic N) is 1. The maximum atomic E-state index is 13.1. The van der Waals surface area contributed by atoms with Crippen molar-refractivity contribution in [1.82, 2.24) is 0 Å². The van der Waals surface area contributed by atoms with E-state index in [1.807, 2.05) is 0 Å². The first-order chi connectivity index (χ1) is 7.41. The van der Waals surface area contributed by atoms with E-state index in [1.165, 1.54) is 6.92 Å². The van der Waals surface area contributed by atoms with E-state index in [2.05, 4.69) is 0 Å². The van der Waals surface area contributed by atoms with Gasteiger partial charge in [0.05, 0.1) is 10.5 Å². The maximum Gasteiger partial charge on any atom is 0.328 e. The Morgan fingerprint density at radius 2 is 2.19 bits per heavy atom. The minimum absolute atomic E-state index is 0.0736. The highest BCUT2D eigenvalue weighted by Crippen LogP contribution is 2.23. The number of halogens is 1. The van der Waals surface area contributed by atoms with Crippen LogP contribution in [0.15, 0.2) is 18.2 Å². The quantitative estimate of drug-likeness (QED) is 0.485. The number of carboxylic acid groups (broad SMARTS) is 1. The predicted octanol–water partition coefficient (Wildman–Crippen LogP) is 2.14. The van der Waals surface area contributed by atoms with E-state index in [0.717, 1.165) is 24.3 Å². The molecule has 1 rings (SSSR count). The van der Waals surface area contributed by atoms with E-state index < -0.39 is 16.7 Å². The molecule has 0 unspecified atom stereocenters. The van der Waals surface area contributed by atoms with Gasteiger partial charge in [-0.2, -0.15) is 0 Å². The second kappa shape index (κ2) is 4.52. The van der Waals surface area contributed by atoms with Crippen LogP contribution in [-0.4, -0.2) is 16.0 Å². The highest BCUT2D eigenvalue weighted by atomic mass is 19.1. The fourth-order valence-corrected chi connectivity index (χ4v) is 1.13. The van der Waals surface area contributed by atoms with Crippen molar-refractivity contribution in [3.63, 3.8) is 0 Å². The molecule has 0 heterocycles. The van der Waals surface area contributed by atoms with E-state index in [-0.39, 0.29) is 16.8 Å². The summed E-state index contributed by atoms with van der Waals surface area (Å²) in [7, 11) is 0. The SMILES string of the molecule is Cc1cc([N+](=O)[O-])c(/C=C/C(=O)O)cc1F. The largest absolute Gasteiger partial charge is 0.478 e. The summed E-state index contributed by atoms with van der Waals surface area (Å²) in [4.78, 5) is 20.2. The number of nitro groups is 1. The summed E-state index contributed by atoms with van der Waals surface area (Å²) in [5, 5.41) is 19.0. The van der Waals surface area contributed by atoms with Gasteiger partial charge in [0.25, 0.3) is 5.69 Å². The van der Waals surface area contributed by atoms with Gasteiger partial charge in [0, 0.05) is 12.1 Å². The lowest BCUT2D eigenvalue weighted by Gasteiger charge is -2.00. The van der Waals surface area contributed by atoms with Crippen LogP contribution in [0.2, 0.25) is 0 Å². The molecule has 0 radical (unpaired) electrons. The molecule has 0 atom stereocenters. The topological polar surface area (TPSA) is 80.4 Å². The Kier molecular flexibility index (Phi) is 3.34. The molecule has 0 fully saturated rings. The fraction of sp³-hybridized carbons (Fsp3) is 0.100. The molecule has 0 aliphatic carbocycles. The zero-order valence-electron chi connectivity index (χ0n) is 8.31. The summed E-state index contributed by atoms with van der Waals surface area (Å²) in [6.45, 7) is 1.40. The van der Waals surface area contributed by atoms with E-state index >= 15 is 0 Å². The lowest BCUT2D eigenvalue weighted by atomic mass is 10.1. The molecule has 1 aromatic carbocycles. The molecular formula is C10H8FNO4.